The van der Waals surface area contributed by atoms with Crippen LogP contribution >= 0.6 is 0 Å². The van der Waals surface area contributed by atoms with E-state index in [-0.39, 0.29) is 5.91 Å². The monoisotopic (exact) mass is 365 g/mol. The molecule has 1 atom stereocenters. The van der Waals surface area contributed by atoms with Gasteiger partial charge in [0.2, 0.25) is 11.8 Å². The smallest absolute Gasteiger partial charge is 0.242 e. The van der Waals surface area contributed by atoms with Crippen LogP contribution in [-0.2, 0) is 4.79 Å². The highest BCUT2D eigenvalue weighted by molar-refractivity contribution is 5.94. The molecule has 7 nitrogen and oxygen atoms in total. The predicted molar refractivity (Wildman–Crippen MR) is 106 cm³/mol. The van der Waals surface area contributed by atoms with Crippen LogP contribution in [0.1, 0.15) is 20.3 Å². The molecular formula is C20H23N5O2. The van der Waals surface area contributed by atoms with Crippen LogP contribution in [0.25, 0.3) is 22.0 Å². The van der Waals surface area contributed by atoms with E-state index < -0.39 is 6.04 Å². The van der Waals surface area contributed by atoms with Gasteiger partial charge in [-0.05, 0) is 37.1 Å². The molecule has 27 heavy (non-hydrogen) atoms. The maximum absolute atomic E-state index is 12.2. The van der Waals surface area contributed by atoms with Crippen LogP contribution in [0.5, 0.6) is 5.88 Å². The molecule has 0 radical (unpaired) electrons. The summed E-state index contributed by atoms with van der Waals surface area (Å²) in [5.41, 5.74) is 2.75. The molecule has 3 rings (SSSR count). The van der Waals surface area contributed by atoms with Gasteiger partial charge in [0, 0.05) is 29.8 Å². The number of rotatable bonds is 7. The standard InChI is InChI=1S/C20H23N5O2/c1-4-9-21-20(26)13(2)25-19-16-10-14(5-7-17(16)23-12-24-19)15-6-8-18(27-3)22-11-15/h5-8,10-13H,4,9H2,1-3H3,(H,21,26)(H,23,24,25)/t13-/m0/s1. The van der Waals surface area contributed by atoms with E-state index in [9.17, 15) is 4.79 Å². The number of hydrogen-bond donors (Lipinski definition) is 2. The Bertz CT molecular complexity index is 927. The van der Waals surface area contributed by atoms with Crippen molar-refractivity contribution in [1.82, 2.24) is 20.3 Å². The van der Waals surface area contributed by atoms with E-state index >= 15 is 0 Å². The average Bonchev–Trinajstić information content (AvgIpc) is 2.72. The number of fused-ring (bicyclic) bond motifs is 1. The lowest BCUT2D eigenvalue weighted by molar-refractivity contribution is -0.121. The summed E-state index contributed by atoms with van der Waals surface area (Å²) in [4.78, 5) is 25.1. The van der Waals surface area contributed by atoms with Crippen LogP contribution in [0.2, 0.25) is 0 Å². The number of nitrogens with zero attached hydrogens (tertiary/aromatic N) is 3. The Kier molecular flexibility index (Phi) is 5.80. The molecule has 0 bridgehead atoms. The van der Waals surface area contributed by atoms with Crippen molar-refractivity contribution in [3.05, 3.63) is 42.9 Å². The van der Waals surface area contributed by atoms with Crippen molar-refractivity contribution in [2.24, 2.45) is 0 Å². The van der Waals surface area contributed by atoms with Gasteiger partial charge in [0.1, 0.15) is 18.2 Å². The molecule has 0 spiro atoms. The van der Waals surface area contributed by atoms with Crippen LogP contribution in [-0.4, -0.2) is 40.6 Å². The van der Waals surface area contributed by atoms with Crippen LogP contribution in [0, 0.1) is 0 Å². The fourth-order valence-corrected chi connectivity index (χ4v) is 2.69. The molecule has 0 saturated heterocycles. The third-order valence-electron chi connectivity index (χ3n) is 4.21. The fourth-order valence-electron chi connectivity index (χ4n) is 2.69. The predicted octanol–water partition coefficient (Wildman–Crippen LogP) is 3.03. The first-order valence-electron chi connectivity index (χ1n) is 8.91. The number of anilines is 1. The molecule has 140 valence electrons. The molecule has 2 aromatic heterocycles. The summed E-state index contributed by atoms with van der Waals surface area (Å²) in [6.07, 6.45) is 4.15. The van der Waals surface area contributed by atoms with E-state index in [4.69, 9.17) is 4.74 Å². The normalized spacial score (nSPS) is 11.8. The summed E-state index contributed by atoms with van der Waals surface area (Å²) in [5.74, 6) is 1.14. The summed E-state index contributed by atoms with van der Waals surface area (Å²) < 4.78 is 5.11. The molecule has 2 N–H and O–H groups in total. The first-order valence-corrected chi connectivity index (χ1v) is 8.91. The molecule has 0 aliphatic carbocycles. The van der Waals surface area contributed by atoms with Gasteiger partial charge in [-0.2, -0.15) is 0 Å². The first kappa shape index (κ1) is 18.6. The van der Waals surface area contributed by atoms with Crippen LogP contribution in [0.15, 0.2) is 42.9 Å². The highest BCUT2D eigenvalue weighted by atomic mass is 16.5. The van der Waals surface area contributed by atoms with Crippen LogP contribution in [0.3, 0.4) is 0 Å². The minimum Gasteiger partial charge on any atom is -0.481 e. The molecule has 2 heterocycles. The molecule has 0 unspecified atom stereocenters. The SMILES string of the molecule is CCCNC(=O)[C@H](C)Nc1ncnc2ccc(-c3ccc(OC)nc3)cc12. The molecule has 7 heteroatoms. The first-order chi connectivity index (χ1) is 13.1. The largest absolute Gasteiger partial charge is 0.481 e. The van der Waals surface area contributed by atoms with E-state index in [1.165, 1.54) is 6.33 Å². The van der Waals surface area contributed by atoms with E-state index in [2.05, 4.69) is 25.6 Å². The third kappa shape index (κ3) is 4.31. The number of benzene rings is 1. The van der Waals surface area contributed by atoms with Crippen molar-refractivity contribution in [2.45, 2.75) is 26.3 Å². The molecular weight excluding hydrogens is 342 g/mol. The van der Waals surface area contributed by atoms with Gasteiger partial charge in [0.15, 0.2) is 0 Å². The number of amides is 1. The number of ether oxygens (including phenoxy) is 1. The molecule has 0 fully saturated rings. The van der Waals surface area contributed by atoms with E-state index in [0.717, 1.165) is 28.5 Å². The van der Waals surface area contributed by atoms with E-state index in [1.807, 2.05) is 44.2 Å². The van der Waals surface area contributed by atoms with E-state index in [0.29, 0.717) is 18.2 Å². The van der Waals surface area contributed by atoms with Crippen molar-refractivity contribution >= 4 is 22.6 Å². The molecule has 1 aromatic carbocycles. The van der Waals surface area contributed by atoms with Gasteiger partial charge in [-0.3, -0.25) is 4.79 Å². The quantitative estimate of drug-likeness (QED) is 0.669. The lowest BCUT2D eigenvalue weighted by Gasteiger charge is -2.16. The summed E-state index contributed by atoms with van der Waals surface area (Å²) in [5, 5.41) is 6.92. The van der Waals surface area contributed by atoms with Crippen molar-refractivity contribution in [1.29, 1.82) is 0 Å². The zero-order valence-electron chi connectivity index (χ0n) is 15.7. The Labute approximate surface area is 158 Å². The molecule has 0 aliphatic heterocycles. The van der Waals surface area contributed by atoms with Crippen molar-refractivity contribution in [3.63, 3.8) is 0 Å². The van der Waals surface area contributed by atoms with Gasteiger partial charge >= 0.3 is 0 Å². The lowest BCUT2D eigenvalue weighted by Crippen LogP contribution is -2.38. The van der Waals surface area contributed by atoms with Crippen molar-refractivity contribution in [2.75, 3.05) is 19.0 Å². The zero-order chi connectivity index (χ0) is 19.2. The summed E-state index contributed by atoms with van der Waals surface area (Å²) in [7, 11) is 1.59. The van der Waals surface area contributed by atoms with E-state index in [1.54, 1.807) is 13.3 Å². The number of hydrogen-bond acceptors (Lipinski definition) is 6. The highest BCUT2D eigenvalue weighted by Gasteiger charge is 2.14. The van der Waals surface area contributed by atoms with Gasteiger partial charge in [0.05, 0.1) is 12.6 Å². The van der Waals surface area contributed by atoms with Gasteiger partial charge < -0.3 is 15.4 Å². The average molecular weight is 365 g/mol. The number of nitrogens with one attached hydrogen (secondary N) is 2. The van der Waals surface area contributed by atoms with Crippen molar-refractivity contribution < 1.29 is 9.53 Å². The molecule has 0 saturated carbocycles. The second-order valence-electron chi connectivity index (χ2n) is 6.20. The van der Waals surface area contributed by atoms with Gasteiger partial charge in [0.25, 0.3) is 0 Å². The molecule has 0 aliphatic rings. The topological polar surface area (TPSA) is 89.0 Å². The number of carbonyl (C=O) groups excluding carboxylic acids is 1. The van der Waals surface area contributed by atoms with Crippen molar-refractivity contribution in [3.8, 4) is 17.0 Å². The van der Waals surface area contributed by atoms with Gasteiger partial charge in [-0.25, -0.2) is 15.0 Å². The maximum atomic E-state index is 12.2. The number of pyridine rings is 1. The minimum atomic E-state index is -0.402. The summed E-state index contributed by atoms with van der Waals surface area (Å²) in [6, 6.07) is 9.29. The summed E-state index contributed by atoms with van der Waals surface area (Å²) >= 11 is 0. The van der Waals surface area contributed by atoms with Crippen LogP contribution < -0.4 is 15.4 Å². The Morgan fingerprint density at radius 2 is 1.96 bits per heavy atom. The second kappa shape index (κ2) is 8.44. The van der Waals surface area contributed by atoms with Crippen LogP contribution in [0.4, 0.5) is 5.82 Å². The zero-order valence-corrected chi connectivity index (χ0v) is 15.7. The second-order valence-corrected chi connectivity index (χ2v) is 6.20. The molecule has 3 aromatic rings. The Morgan fingerprint density at radius 3 is 2.67 bits per heavy atom. The number of methoxy groups -OCH3 is 1. The third-order valence-corrected chi connectivity index (χ3v) is 4.21. The van der Waals surface area contributed by atoms with Gasteiger partial charge in [-0.15, -0.1) is 0 Å². The maximum Gasteiger partial charge on any atom is 0.242 e. The Morgan fingerprint density at radius 1 is 1.15 bits per heavy atom. The number of carbonyl (C=O) groups is 1. The molecule has 1 amide bonds. The fraction of sp³-hybridized carbons (Fsp3) is 0.300. The minimum absolute atomic E-state index is 0.0564. The number of aromatic nitrogens is 3. The Hall–Kier alpha value is -3.22. The highest BCUT2D eigenvalue weighted by Crippen LogP contribution is 2.27. The lowest BCUT2D eigenvalue weighted by atomic mass is 10.1. The van der Waals surface area contributed by atoms with Gasteiger partial charge in [-0.1, -0.05) is 13.0 Å². The Balaban J connectivity index is 1.90. The summed E-state index contributed by atoms with van der Waals surface area (Å²) in [6.45, 7) is 4.49.